The first kappa shape index (κ1) is 14.0. The van der Waals surface area contributed by atoms with Crippen LogP contribution in [0, 0.1) is 0 Å². The van der Waals surface area contributed by atoms with E-state index in [1.54, 1.807) is 13.3 Å². The Labute approximate surface area is 118 Å². The van der Waals surface area contributed by atoms with Crippen LogP contribution in [-0.2, 0) is 11.3 Å². The van der Waals surface area contributed by atoms with E-state index in [9.17, 15) is 4.79 Å². The quantitative estimate of drug-likeness (QED) is 0.841. The van der Waals surface area contributed by atoms with Crippen LogP contribution in [0.3, 0.4) is 0 Å². The molecule has 1 aromatic carbocycles. The molecule has 2 rings (SSSR count). The zero-order valence-electron chi connectivity index (χ0n) is 11.3. The van der Waals surface area contributed by atoms with Gasteiger partial charge in [-0.1, -0.05) is 18.2 Å². The number of aromatic nitrogens is 1. The third kappa shape index (κ3) is 4.37. The monoisotopic (exact) mass is 271 g/mol. The third-order valence-corrected chi connectivity index (χ3v) is 2.68. The molecule has 0 atom stereocenters. The SMILES string of the molecule is COc1cc(CNCC(=O)Nc2ccccc2)ccn1. The molecule has 104 valence electrons. The third-order valence-electron chi connectivity index (χ3n) is 2.68. The van der Waals surface area contributed by atoms with Gasteiger partial charge in [-0.2, -0.15) is 0 Å². The van der Waals surface area contributed by atoms with Gasteiger partial charge in [-0.05, 0) is 23.8 Å². The second kappa shape index (κ2) is 7.25. The van der Waals surface area contributed by atoms with Gasteiger partial charge in [-0.15, -0.1) is 0 Å². The Hall–Kier alpha value is -2.40. The number of rotatable bonds is 6. The number of amides is 1. The molecule has 20 heavy (non-hydrogen) atoms. The number of nitrogens with one attached hydrogen (secondary N) is 2. The predicted octanol–water partition coefficient (Wildman–Crippen LogP) is 1.82. The van der Waals surface area contributed by atoms with Gasteiger partial charge in [0, 0.05) is 24.5 Å². The molecule has 0 bridgehead atoms. The van der Waals surface area contributed by atoms with Crippen molar-refractivity contribution in [2.45, 2.75) is 6.54 Å². The van der Waals surface area contributed by atoms with Gasteiger partial charge in [0.25, 0.3) is 0 Å². The lowest BCUT2D eigenvalue weighted by atomic mass is 10.2. The summed E-state index contributed by atoms with van der Waals surface area (Å²) in [6, 6.07) is 13.1. The van der Waals surface area contributed by atoms with Crippen LogP contribution in [0.25, 0.3) is 0 Å². The van der Waals surface area contributed by atoms with Gasteiger partial charge in [0.1, 0.15) is 0 Å². The largest absolute Gasteiger partial charge is 0.481 e. The van der Waals surface area contributed by atoms with E-state index in [0.29, 0.717) is 12.4 Å². The molecule has 0 aliphatic heterocycles. The van der Waals surface area contributed by atoms with Crippen LogP contribution < -0.4 is 15.4 Å². The molecule has 0 aliphatic carbocycles. The molecule has 1 amide bonds. The van der Waals surface area contributed by atoms with Crippen molar-refractivity contribution in [1.82, 2.24) is 10.3 Å². The Morgan fingerprint density at radius 2 is 2.05 bits per heavy atom. The number of nitrogens with zero attached hydrogens (tertiary/aromatic N) is 1. The normalized spacial score (nSPS) is 10.1. The van der Waals surface area contributed by atoms with Gasteiger partial charge < -0.3 is 15.4 Å². The number of hydrogen-bond acceptors (Lipinski definition) is 4. The van der Waals surface area contributed by atoms with Crippen molar-refractivity contribution < 1.29 is 9.53 Å². The van der Waals surface area contributed by atoms with Crippen LogP contribution in [-0.4, -0.2) is 24.5 Å². The summed E-state index contributed by atoms with van der Waals surface area (Å²) in [5.41, 5.74) is 1.81. The summed E-state index contributed by atoms with van der Waals surface area (Å²) in [4.78, 5) is 15.7. The molecule has 0 radical (unpaired) electrons. The summed E-state index contributed by atoms with van der Waals surface area (Å²) in [5.74, 6) is 0.496. The highest BCUT2D eigenvalue weighted by Crippen LogP contribution is 2.08. The van der Waals surface area contributed by atoms with Gasteiger partial charge in [-0.25, -0.2) is 4.98 Å². The Morgan fingerprint density at radius 3 is 2.80 bits per heavy atom. The van der Waals surface area contributed by atoms with Crippen molar-refractivity contribution in [2.24, 2.45) is 0 Å². The minimum Gasteiger partial charge on any atom is -0.481 e. The molecule has 5 heteroatoms. The van der Waals surface area contributed by atoms with E-state index in [4.69, 9.17) is 4.74 Å². The average molecular weight is 271 g/mol. The minimum absolute atomic E-state index is 0.0720. The fraction of sp³-hybridized carbons (Fsp3) is 0.200. The lowest BCUT2D eigenvalue weighted by molar-refractivity contribution is -0.115. The molecule has 2 aromatic rings. The molecular weight excluding hydrogens is 254 g/mol. The number of pyridine rings is 1. The highest BCUT2D eigenvalue weighted by molar-refractivity contribution is 5.92. The van der Waals surface area contributed by atoms with Crippen molar-refractivity contribution in [3.8, 4) is 5.88 Å². The van der Waals surface area contributed by atoms with Crippen LogP contribution in [0.1, 0.15) is 5.56 Å². The van der Waals surface area contributed by atoms with Gasteiger partial charge in [0.2, 0.25) is 11.8 Å². The Bertz CT molecular complexity index is 558. The number of para-hydroxylation sites is 1. The molecule has 1 aromatic heterocycles. The maximum absolute atomic E-state index is 11.7. The summed E-state index contributed by atoms with van der Waals surface area (Å²) in [5, 5.41) is 5.89. The lowest BCUT2D eigenvalue weighted by Crippen LogP contribution is -2.27. The predicted molar refractivity (Wildman–Crippen MR) is 77.6 cm³/mol. The first-order valence-electron chi connectivity index (χ1n) is 6.32. The summed E-state index contributed by atoms with van der Waals surface area (Å²) in [6.45, 7) is 0.834. The molecule has 1 heterocycles. The van der Waals surface area contributed by atoms with E-state index < -0.39 is 0 Å². The number of hydrogen-bond donors (Lipinski definition) is 2. The topological polar surface area (TPSA) is 63.2 Å². The highest BCUT2D eigenvalue weighted by atomic mass is 16.5. The zero-order chi connectivity index (χ0) is 14.2. The summed E-state index contributed by atoms with van der Waals surface area (Å²) < 4.78 is 5.04. The second-order valence-electron chi connectivity index (χ2n) is 4.22. The molecule has 0 aliphatic rings. The standard InChI is InChI=1S/C15H17N3O2/c1-20-15-9-12(7-8-17-15)10-16-11-14(19)18-13-5-3-2-4-6-13/h2-9,16H,10-11H2,1H3,(H,18,19). The maximum atomic E-state index is 11.7. The molecular formula is C15H17N3O2. The number of carbonyl (C=O) groups excluding carboxylic acids is 1. The second-order valence-corrected chi connectivity index (χ2v) is 4.22. The number of carbonyl (C=O) groups is 1. The van der Waals surface area contributed by atoms with E-state index >= 15 is 0 Å². The number of benzene rings is 1. The summed E-state index contributed by atoms with van der Waals surface area (Å²) >= 11 is 0. The average Bonchev–Trinajstić information content (AvgIpc) is 2.48. The van der Waals surface area contributed by atoms with E-state index in [1.165, 1.54) is 0 Å². The van der Waals surface area contributed by atoms with E-state index in [0.717, 1.165) is 11.3 Å². The lowest BCUT2D eigenvalue weighted by Gasteiger charge is -2.07. The minimum atomic E-state index is -0.0720. The van der Waals surface area contributed by atoms with Gasteiger partial charge in [0.05, 0.1) is 13.7 Å². The van der Waals surface area contributed by atoms with Crippen molar-refractivity contribution in [3.63, 3.8) is 0 Å². The van der Waals surface area contributed by atoms with Crippen LogP contribution in [0.4, 0.5) is 5.69 Å². The van der Waals surface area contributed by atoms with E-state index in [1.807, 2.05) is 42.5 Å². The smallest absolute Gasteiger partial charge is 0.238 e. The van der Waals surface area contributed by atoms with Gasteiger partial charge in [-0.3, -0.25) is 4.79 Å². The van der Waals surface area contributed by atoms with Crippen LogP contribution in [0.2, 0.25) is 0 Å². The van der Waals surface area contributed by atoms with E-state index in [-0.39, 0.29) is 12.5 Å². The number of anilines is 1. The number of methoxy groups -OCH3 is 1. The number of ether oxygens (including phenoxy) is 1. The van der Waals surface area contributed by atoms with Gasteiger partial charge >= 0.3 is 0 Å². The van der Waals surface area contributed by atoms with Crippen LogP contribution in [0.15, 0.2) is 48.7 Å². The Morgan fingerprint density at radius 1 is 1.25 bits per heavy atom. The van der Waals surface area contributed by atoms with Crippen molar-refractivity contribution in [3.05, 3.63) is 54.2 Å². The van der Waals surface area contributed by atoms with Crippen molar-refractivity contribution in [2.75, 3.05) is 19.0 Å². The molecule has 0 unspecified atom stereocenters. The molecule has 5 nitrogen and oxygen atoms in total. The molecule has 0 fully saturated rings. The van der Waals surface area contributed by atoms with E-state index in [2.05, 4.69) is 15.6 Å². The van der Waals surface area contributed by atoms with Crippen LogP contribution >= 0.6 is 0 Å². The molecule has 0 saturated carbocycles. The molecule has 0 spiro atoms. The Balaban J connectivity index is 1.76. The first-order valence-corrected chi connectivity index (χ1v) is 6.32. The first-order chi connectivity index (χ1) is 9.78. The molecule has 0 saturated heterocycles. The highest BCUT2D eigenvalue weighted by Gasteiger charge is 2.02. The zero-order valence-corrected chi connectivity index (χ0v) is 11.3. The summed E-state index contributed by atoms with van der Waals surface area (Å²) in [6.07, 6.45) is 1.68. The van der Waals surface area contributed by atoms with Crippen molar-refractivity contribution in [1.29, 1.82) is 0 Å². The fourth-order valence-electron chi connectivity index (χ4n) is 1.72. The van der Waals surface area contributed by atoms with Crippen LogP contribution in [0.5, 0.6) is 5.88 Å². The Kier molecular flexibility index (Phi) is 5.08. The summed E-state index contributed by atoms with van der Waals surface area (Å²) in [7, 11) is 1.58. The molecule has 2 N–H and O–H groups in total. The van der Waals surface area contributed by atoms with Gasteiger partial charge in [0.15, 0.2) is 0 Å². The van der Waals surface area contributed by atoms with Crippen molar-refractivity contribution >= 4 is 11.6 Å². The maximum Gasteiger partial charge on any atom is 0.238 e. The fourth-order valence-corrected chi connectivity index (χ4v) is 1.72.